The van der Waals surface area contributed by atoms with Gasteiger partial charge in [-0.15, -0.1) is 18.3 Å². The molecule has 2 heterocycles. The summed E-state index contributed by atoms with van der Waals surface area (Å²) in [6.45, 7) is 1.78. The van der Waals surface area contributed by atoms with Gasteiger partial charge in [0.2, 0.25) is 11.8 Å². The van der Waals surface area contributed by atoms with Gasteiger partial charge < -0.3 is 15.4 Å². The first-order valence-corrected chi connectivity index (χ1v) is 10.9. The highest BCUT2D eigenvalue weighted by molar-refractivity contribution is 5.91. The van der Waals surface area contributed by atoms with Gasteiger partial charge in [0.1, 0.15) is 11.6 Å². The van der Waals surface area contributed by atoms with Crippen molar-refractivity contribution in [3.63, 3.8) is 0 Å². The zero-order valence-corrected chi connectivity index (χ0v) is 19.2. The van der Waals surface area contributed by atoms with Crippen molar-refractivity contribution in [3.05, 3.63) is 70.4 Å². The third-order valence-corrected chi connectivity index (χ3v) is 4.74. The number of unbranched alkanes of at least 4 members (excludes halogenated alkanes) is 1. The molecule has 0 aliphatic rings. The highest BCUT2D eigenvalue weighted by Crippen LogP contribution is 2.23. The third-order valence-electron chi connectivity index (χ3n) is 4.74. The van der Waals surface area contributed by atoms with Crippen molar-refractivity contribution < 1.29 is 27.5 Å². The molecule has 13 heteroatoms. The van der Waals surface area contributed by atoms with E-state index in [2.05, 4.69) is 30.6 Å². The summed E-state index contributed by atoms with van der Waals surface area (Å²) < 4.78 is 42.4. The first kappa shape index (κ1) is 26.3. The minimum absolute atomic E-state index is 0.168. The molecule has 2 aromatic heterocycles. The molecule has 2 amide bonds. The quantitative estimate of drug-likeness (QED) is 0.406. The van der Waals surface area contributed by atoms with Crippen LogP contribution in [0.4, 0.5) is 24.8 Å². The predicted octanol–water partition coefficient (Wildman–Crippen LogP) is 3.09. The van der Waals surface area contributed by atoms with Crippen molar-refractivity contribution in [2.45, 2.75) is 45.5 Å². The summed E-state index contributed by atoms with van der Waals surface area (Å²) in [7, 11) is 0. The van der Waals surface area contributed by atoms with Crippen LogP contribution in [0, 0.1) is 0 Å². The third kappa shape index (κ3) is 8.81. The molecule has 0 fully saturated rings. The highest BCUT2D eigenvalue weighted by Gasteiger charge is 2.31. The Labute approximate surface area is 203 Å². The van der Waals surface area contributed by atoms with Gasteiger partial charge in [-0.05, 0) is 55.2 Å². The number of carbonyl (C=O) groups excluding carboxylic acids is 2. The van der Waals surface area contributed by atoms with E-state index in [-0.39, 0.29) is 24.0 Å². The van der Waals surface area contributed by atoms with Gasteiger partial charge in [0.05, 0.1) is 12.1 Å². The standard InChI is InChI=1S/C23H23F3N6O4/c1-15(33)27-19-10-12-32(22(35)29-19)11-3-2-6-17-8-9-20(31-30-17)28-21(34)14-16-5-4-7-18(13-16)36-23(24,25)26/h4-5,7-10,12-13H,2-3,6,11,14H2,1H3,(H,28,31,34)(H,27,29,33,35). The van der Waals surface area contributed by atoms with Gasteiger partial charge in [0, 0.05) is 19.7 Å². The van der Waals surface area contributed by atoms with Gasteiger partial charge in [-0.1, -0.05) is 12.1 Å². The lowest BCUT2D eigenvalue weighted by atomic mass is 10.1. The van der Waals surface area contributed by atoms with Crippen molar-refractivity contribution in [1.82, 2.24) is 19.7 Å². The number of nitrogens with zero attached hydrogens (tertiary/aromatic N) is 4. The molecule has 0 bridgehead atoms. The fourth-order valence-corrected chi connectivity index (χ4v) is 3.22. The molecule has 3 aromatic rings. The smallest absolute Gasteiger partial charge is 0.406 e. The normalized spacial score (nSPS) is 11.1. The van der Waals surface area contributed by atoms with Gasteiger partial charge in [-0.2, -0.15) is 10.1 Å². The van der Waals surface area contributed by atoms with Crippen molar-refractivity contribution in [2.24, 2.45) is 0 Å². The maximum absolute atomic E-state index is 12.4. The SMILES string of the molecule is CC(=O)Nc1ccn(CCCCc2ccc(NC(=O)Cc3cccc(OC(F)(F)F)c3)nn2)c(=O)n1. The molecule has 0 saturated carbocycles. The topological polar surface area (TPSA) is 128 Å². The lowest BCUT2D eigenvalue weighted by Gasteiger charge is -2.10. The Morgan fingerprint density at radius 3 is 2.50 bits per heavy atom. The zero-order valence-electron chi connectivity index (χ0n) is 19.2. The number of aromatic nitrogens is 4. The number of anilines is 2. The number of aryl methyl sites for hydroxylation is 2. The number of rotatable bonds is 10. The van der Waals surface area contributed by atoms with Crippen molar-refractivity contribution >= 4 is 23.5 Å². The van der Waals surface area contributed by atoms with E-state index in [1.54, 1.807) is 24.4 Å². The van der Waals surface area contributed by atoms with Crippen LogP contribution in [0.1, 0.15) is 31.0 Å². The fraction of sp³-hybridized carbons (Fsp3) is 0.304. The van der Waals surface area contributed by atoms with E-state index >= 15 is 0 Å². The van der Waals surface area contributed by atoms with E-state index in [9.17, 15) is 27.6 Å². The van der Waals surface area contributed by atoms with E-state index in [1.807, 2.05) is 0 Å². The Bertz CT molecular complexity index is 1260. The van der Waals surface area contributed by atoms with E-state index < -0.39 is 23.7 Å². The summed E-state index contributed by atoms with van der Waals surface area (Å²) >= 11 is 0. The number of amides is 2. The second-order valence-corrected chi connectivity index (χ2v) is 7.76. The van der Waals surface area contributed by atoms with Gasteiger partial charge in [-0.25, -0.2) is 4.79 Å². The number of benzene rings is 1. The van der Waals surface area contributed by atoms with Crippen LogP contribution in [-0.4, -0.2) is 37.9 Å². The van der Waals surface area contributed by atoms with Crippen molar-refractivity contribution in [2.75, 3.05) is 10.6 Å². The van der Waals surface area contributed by atoms with Crippen LogP contribution in [0.3, 0.4) is 0 Å². The van der Waals surface area contributed by atoms with Crippen LogP contribution in [-0.2, 0) is 29.0 Å². The van der Waals surface area contributed by atoms with Crippen molar-refractivity contribution in [3.8, 4) is 5.75 Å². The van der Waals surface area contributed by atoms with E-state index in [0.29, 0.717) is 30.6 Å². The Kier molecular flexibility index (Phi) is 8.71. The minimum Gasteiger partial charge on any atom is -0.406 e. The molecule has 36 heavy (non-hydrogen) atoms. The summed E-state index contributed by atoms with van der Waals surface area (Å²) in [4.78, 5) is 39.0. The largest absolute Gasteiger partial charge is 0.573 e. The number of hydrogen-bond donors (Lipinski definition) is 2. The number of hydrogen-bond acceptors (Lipinski definition) is 7. The number of nitrogens with one attached hydrogen (secondary N) is 2. The molecule has 0 radical (unpaired) electrons. The number of alkyl halides is 3. The molecule has 3 rings (SSSR count). The first-order chi connectivity index (χ1) is 17.1. The van der Waals surface area contributed by atoms with Crippen molar-refractivity contribution in [1.29, 1.82) is 0 Å². The molecule has 0 atom stereocenters. The van der Waals surface area contributed by atoms with Crippen LogP contribution in [0.2, 0.25) is 0 Å². The summed E-state index contributed by atoms with van der Waals surface area (Å²) in [5, 5.41) is 13.0. The van der Waals surface area contributed by atoms with Crippen LogP contribution in [0.5, 0.6) is 5.75 Å². The molecule has 0 spiro atoms. The predicted molar refractivity (Wildman–Crippen MR) is 123 cm³/mol. The zero-order chi connectivity index (χ0) is 26.1. The Morgan fingerprint density at radius 2 is 1.83 bits per heavy atom. The van der Waals surface area contributed by atoms with Crippen LogP contribution >= 0.6 is 0 Å². The molecular weight excluding hydrogens is 481 g/mol. The molecule has 0 aliphatic carbocycles. The number of ether oxygens (including phenoxy) is 1. The van der Waals surface area contributed by atoms with E-state index in [4.69, 9.17) is 0 Å². The number of carbonyl (C=O) groups is 2. The van der Waals surface area contributed by atoms with Crippen LogP contribution in [0.15, 0.2) is 53.5 Å². The van der Waals surface area contributed by atoms with Gasteiger partial charge in [0.25, 0.3) is 0 Å². The van der Waals surface area contributed by atoms with Gasteiger partial charge in [-0.3, -0.25) is 14.2 Å². The lowest BCUT2D eigenvalue weighted by Crippen LogP contribution is -2.24. The second kappa shape index (κ2) is 11.9. The first-order valence-electron chi connectivity index (χ1n) is 10.9. The average Bonchev–Trinajstić information content (AvgIpc) is 2.77. The highest BCUT2D eigenvalue weighted by atomic mass is 19.4. The Balaban J connectivity index is 1.43. The maximum Gasteiger partial charge on any atom is 0.573 e. The molecule has 2 N–H and O–H groups in total. The summed E-state index contributed by atoms with van der Waals surface area (Å²) in [6, 6.07) is 10.0. The van der Waals surface area contributed by atoms with Crippen LogP contribution in [0.25, 0.3) is 0 Å². The number of halogens is 3. The average molecular weight is 504 g/mol. The molecule has 0 saturated heterocycles. The van der Waals surface area contributed by atoms with E-state index in [0.717, 1.165) is 18.6 Å². The summed E-state index contributed by atoms with van der Waals surface area (Å²) in [5.74, 6) is -0.764. The Morgan fingerprint density at radius 1 is 1.03 bits per heavy atom. The second-order valence-electron chi connectivity index (χ2n) is 7.76. The summed E-state index contributed by atoms with van der Waals surface area (Å²) in [5.41, 5.74) is 0.579. The van der Waals surface area contributed by atoms with Gasteiger partial charge >= 0.3 is 12.1 Å². The molecule has 0 aliphatic heterocycles. The van der Waals surface area contributed by atoms with E-state index in [1.165, 1.54) is 23.6 Å². The molecular formula is C23H23F3N6O4. The molecule has 190 valence electrons. The van der Waals surface area contributed by atoms with Gasteiger partial charge in [0.15, 0.2) is 5.82 Å². The summed E-state index contributed by atoms with van der Waals surface area (Å²) in [6.07, 6.45) is -1.42. The lowest BCUT2D eigenvalue weighted by molar-refractivity contribution is -0.274. The molecule has 0 unspecified atom stereocenters. The maximum atomic E-state index is 12.4. The van der Waals surface area contributed by atoms with Crippen LogP contribution < -0.4 is 21.1 Å². The minimum atomic E-state index is -4.81. The Hall–Kier alpha value is -4.29. The molecule has 10 nitrogen and oxygen atoms in total. The fourth-order valence-electron chi connectivity index (χ4n) is 3.22. The molecule has 1 aromatic carbocycles. The monoisotopic (exact) mass is 504 g/mol.